The molecule has 0 bridgehead atoms. The lowest BCUT2D eigenvalue weighted by atomic mass is 10.0. The van der Waals surface area contributed by atoms with E-state index in [9.17, 15) is 24.5 Å². The monoisotopic (exact) mass is 371 g/mol. The molecule has 0 saturated carbocycles. The second-order valence-corrected chi connectivity index (χ2v) is 6.13. The highest BCUT2D eigenvalue weighted by molar-refractivity contribution is 6.12. The van der Waals surface area contributed by atoms with E-state index in [1.165, 1.54) is 41.4 Å². The predicted molar refractivity (Wildman–Crippen MR) is 99.7 cm³/mol. The zero-order chi connectivity index (χ0) is 20.0. The van der Waals surface area contributed by atoms with Crippen LogP contribution in [0.1, 0.15) is 36.2 Å². The summed E-state index contributed by atoms with van der Waals surface area (Å²) in [4.78, 5) is 50.0. The lowest BCUT2D eigenvalue weighted by Gasteiger charge is -2.24. The van der Waals surface area contributed by atoms with Crippen molar-refractivity contribution in [2.75, 3.05) is 13.6 Å². The number of rotatable bonds is 8. The van der Waals surface area contributed by atoms with Crippen LogP contribution in [0.4, 0.5) is 5.69 Å². The van der Waals surface area contributed by atoms with Crippen LogP contribution in [0.25, 0.3) is 0 Å². The first-order valence-electron chi connectivity index (χ1n) is 8.57. The van der Waals surface area contributed by atoms with Gasteiger partial charge in [0.1, 0.15) is 0 Å². The zero-order valence-electron chi connectivity index (χ0n) is 15.2. The number of hydrogen-bond acceptors (Lipinski definition) is 5. The van der Waals surface area contributed by atoms with Crippen LogP contribution in [0.2, 0.25) is 0 Å². The van der Waals surface area contributed by atoms with Crippen LogP contribution in [-0.4, -0.2) is 39.7 Å². The molecule has 2 aromatic rings. The minimum Gasteiger partial charge on any atom is -0.344 e. The Bertz CT molecular complexity index is 906. The first-order valence-corrected chi connectivity index (χ1v) is 8.57. The molecular weight excluding hydrogens is 350 g/mol. The van der Waals surface area contributed by atoms with Crippen molar-refractivity contribution in [3.05, 3.63) is 74.7 Å². The van der Waals surface area contributed by atoms with Crippen molar-refractivity contribution in [3.8, 4) is 0 Å². The molecule has 1 atom stereocenters. The number of nitro benzene ring substituents is 1. The number of nitrogens with zero attached hydrogens (tertiary/aromatic N) is 3. The van der Waals surface area contributed by atoms with Gasteiger partial charge in [-0.05, 0) is 12.5 Å². The predicted octanol–water partition coefficient (Wildman–Crippen LogP) is 2.44. The van der Waals surface area contributed by atoms with E-state index in [-0.39, 0.29) is 11.3 Å². The maximum atomic E-state index is 13.1. The van der Waals surface area contributed by atoms with Gasteiger partial charge in [0.15, 0.2) is 11.8 Å². The fourth-order valence-electron chi connectivity index (χ4n) is 2.66. The Labute approximate surface area is 156 Å². The molecule has 1 amide bonds. The van der Waals surface area contributed by atoms with E-state index in [1.54, 1.807) is 13.1 Å². The molecule has 1 aromatic heterocycles. The number of carbonyl (C=O) groups excluding carboxylic acids is 2. The van der Waals surface area contributed by atoms with Gasteiger partial charge in [-0.15, -0.1) is 0 Å². The van der Waals surface area contributed by atoms with Crippen molar-refractivity contribution in [2.24, 2.45) is 0 Å². The summed E-state index contributed by atoms with van der Waals surface area (Å²) in [6.45, 7) is 2.42. The van der Waals surface area contributed by atoms with E-state index in [0.717, 1.165) is 23.5 Å². The van der Waals surface area contributed by atoms with Gasteiger partial charge >= 0.3 is 0 Å². The molecule has 142 valence electrons. The smallest absolute Gasteiger partial charge is 0.270 e. The molecule has 0 N–H and O–H groups in total. The second kappa shape index (κ2) is 8.88. The van der Waals surface area contributed by atoms with Gasteiger partial charge in [-0.25, -0.2) is 0 Å². The SMILES string of the molecule is CCCCN(C)C(=O)[C@H](C(=O)c1cccc([N+](=O)[O-])c1)n1ccccc1=O. The highest BCUT2D eigenvalue weighted by Gasteiger charge is 2.32. The largest absolute Gasteiger partial charge is 0.344 e. The average Bonchev–Trinajstić information content (AvgIpc) is 2.67. The quantitative estimate of drug-likeness (QED) is 0.307. The van der Waals surface area contributed by atoms with Gasteiger partial charge in [-0.3, -0.25) is 29.1 Å². The van der Waals surface area contributed by atoms with Crippen LogP contribution < -0.4 is 5.56 Å². The van der Waals surface area contributed by atoms with Gasteiger partial charge < -0.3 is 4.90 Å². The lowest BCUT2D eigenvalue weighted by Crippen LogP contribution is -2.42. The van der Waals surface area contributed by atoms with E-state index < -0.39 is 28.2 Å². The maximum Gasteiger partial charge on any atom is 0.270 e. The highest BCUT2D eigenvalue weighted by atomic mass is 16.6. The fraction of sp³-hybridized carbons (Fsp3) is 0.316. The molecule has 0 radical (unpaired) electrons. The number of Topliss-reactive ketones (excluding diaryl/α,β-unsaturated/α-hetero) is 1. The van der Waals surface area contributed by atoms with Gasteiger partial charge in [-0.1, -0.05) is 31.5 Å². The third kappa shape index (κ3) is 4.66. The Morgan fingerprint density at radius 1 is 1.22 bits per heavy atom. The summed E-state index contributed by atoms with van der Waals surface area (Å²) in [5.74, 6) is -1.20. The number of ketones is 1. The van der Waals surface area contributed by atoms with E-state index >= 15 is 0 Å². The molecule has 0 unspecified atom stereocenters. The molecule has 0 aliphatic carbocycles. The standard InChI is InChI=1S/C19H21N3O5/c1-3-4-11-20(2)19(25)17(21-12-6-5-10-16(21)23)18(24)14-8-7-9-15(13-14)22(26)27/h5-10,12-13,17H,3-4,11H2,1-2H3/t17-/m0/s1. The van der Waals surface area contributed by atoms with Gasteiger partial charge in [-0.2, -0.15) is 0 Å². The molecule has 8 heteroatoms. The summed E-state index contributed by atoms with van der Waals surface area (Å²) >= 11 is 0. The van der Waals surface area contributed by atoms with Crippen LogP contribution in [0.3, 0.4) is 0 Å². The van der Waals surface area contributed by atoms with E-state index in [0.29, 0.717) is 6.54 Å². The summed E-state index contributed by atoms with van der Waals surface area (Å²) in [6.07, 6.45) is 2.99. The summed E-state index contributed by atoms with van der Waals surface area (Å²) in [5, 5.41) is 11.0. The Morgan fingerprint density at radius 2 is 1.96 bits per heavy atom. The Morgan fingerprint density at radius 3 is 2.59 bits per heavy atom. The van der Waals surface area contributed by atoms with Crippen LogP contribution in [0, 0.1) is 10.1 Å². The topological polar surface area (TPSA) is 103 Å². The van der Waals surface area contributed by atoms with E-state index in [4.69, 9.17) is 0 Å². The number of likely N-dealkylation sites (N-methyl/N-ethyl adjacent to an activating group) is 1. The van der Waals surface area contributed by atoms with Gasteiger partial charge in [0.05, 0.1) is 4.92 Å². The van der Waals surface area contributed by atoms with Crippen LogP contribution in [0.5, 0.6) is 0 Å². The van der Waals surface area contributed by atoms with Crippen molar-refractivity contribution in [1.82, 2.24) is 9.47 Å². The molecule has 1 heterocycles. The molecule has 0 fully saturated rings. The van der Waals surface area contributed by atoms with Crippen molar-refractivity contribution >= 4 is 17.4 Å². The summed E-state index contributed by atoms with van der Waals surface area (Å²) in [6, 6.07) is 8.05. The molecule has 0 spiro atoms. The Kier molecular flexibility index (Phi) is 6.59. The summed E-state index contributed by atoms with van der Waals surface area (Å²) in [5.41, 5.74) is -0.757. The molecule has 0 aliphatic heterocycles. The first kappa shape index (κ1) is 20.0. The van der Waals surface area contributed by atoms with Gasteiger partial charge in [0.2, 0.25) is 0 Å². The van der Waals surface area contributed by atoms with Crippen molar-refractivity contribution in [1.29, 1.82) is 0 Å². The highest BCUT2D eigenvalue weighted by Crippen LogP contribution is 2.20. The fourth-order valence-corrected chi connectivity index (χ4v) is 2.66. The number of carbonyl (C=O) groups is 2. The normalized spacial score (nSPS) is 11.6. The number of amides is 1. The van der Waals surface area contributed by atoms with Crippen molar-refractivity contribution in [2.45, 2.75) is 25.8 Å². The second-order valence-electron chi connectivity index (χ2n) is 6.13. The van der Waals surface area contributed by atoms with Crippen molar-refractivity contribution < 1.29 is 14.5 Å². The van der Waals surface area contributed by atoms with Crippen LogP contribution in [-0.2, 0) is 4.79 Å². The Balaban J connectivity index is 2.49. The van der Waals surface area contributed by atoms with Gasteiger partial charge in [0.25, 0.3) is 17.2 Å². The van der Waals surface area contributed by atoms with Gasteiger partial charge in [0, 0.05) is 43.6 Å². The lowest BCUT2D eigenvalue weighted by molar-refractivity contribution is -0.384. The summed E-state index contributed by atoms with van der Waals surface area (Å²) in [7, 11) is 1.57. The number of aromatic nitrogens is 1. The molecule has 8 nitrogen and oxygen atoms in total. The third-order valence-electron chi connectivity index (χ3n) is 4.18. The maximum absolute atomic E-state index is 13.1. The van der Waals surface area contributed by atoms with E-state index in [2.05, 4.69) is 0 Å². The first-order chi connectivity index (χ1) is 12.9. The minimum atomic E-state index is -1.41. The van der Waals surface area contributed by atoms with Crippen molar-refractivity contribution in [3.63, 3.8) is 0 Å². The number of unbranched alkanes of at least 4 members (excludes halogenated alkanes) is 1. The van der Waals surface area contributed by atoms with Crippen LogP contribution in [0.15, 0.2) is 53.5 Å². The molecule has 27 heavy (non-hydrogen) atoms. The Hall–Kier alpha value is -3.29. The van der Waals surface area contributed by atoms with Crippen LogP contribution >= 0.6 is 0 Å². The number of non-ortho nitro benzene ring substituents is 1. The third-order valence-corrected chi connectivity index (χ3v) is 4.18. The molecular formula is C19H21N3O5. The average molecular weight is 371 g/mol. The summed E-state index contributed by atoms with van der Waals surface area (Å²) < 4.78 is 1.06. The zero-order valence-corrected chi connectivity index (χ0v) is 15.2. The molecule has 0 saturated heterocycles. The number of benzene rings is 1. The molecule has 1 aromatic carbocycles. The molecule has 2 rings (SSSR count). The molecule has 0 aliphatic rings. The van der Waals surface area contributed by atoms with E-state index in [1.807, 2.05) is 6.92 Å². The minimum absolute atomic E-state index is 0.00203. The number of nitro groups is 1. The number of hydrogen-bond donors (Lipinski definition) is 0. The number of pyridine rings is 1.